The Bertz CT molecular complexity index is 1360. The molecule has 1 heterocycles. The molecule has 0 spiro atoms. The molecular formula is C26H22N3NaO3S. The molecule has 8 heteroatoms. The molecule has 34 heavy (non-hydrogen) atoms. The van der Waals surface area contributed by atoms with Crippen LogP contribution in [0.3, 0.4) is 0 Å². The minimum Gasteiger partial charge on any atom is -0.545 e. The average molecular weight is 480 g/mol. The van der Waals surface area contributed by atoms with Crippen molar-refractivity contribution in [1.29, 1.82) is 0 Å². The van der Waals surface area contributed by atoms with Crippen LogP contribution >= 0.6 is 11.7 Å². The van der Waals surface area contributed by atoms with Crippen LogP contribution < -0.4 is 39.6 Å². The average Bonchev–Trinajstić information content (AvgIpc) is 3.27. The van der Waals surface area contributed by atoms with E-state index in [1.54, 1.807) is 30.3 Å². The van der Waals surface area contributed by atoms with Crippen molar-refractivity contribution in [2.45, 2.75) is 13.3 Å². The molecule has 0 fully saturated rings. The monoisotopic (exact) mass is 479 g/mol. The van der Waals surface area contributed by atoms with Crippen molar-refractivity contribution in [3.63, 3.8) is 0 Å². The number of aromatic nitrogens is 2. The predicted molar refractivity (Wildman–Crippen MR) is 129 cm³/mol. The predicted octanol–water partition coefficient (Wildman–Crippen LogP) is 0.699. The SMILES string of the molecule is Cc1ccc(C(=O)C(Cc2ccc(N(C)C)cc2)=C(C(=O)[O-])c2ccc3nsnc3c2)cc1.[Na+]. The van der Waals surface area contributed by atoms with Gasteiger partial charge in [-0.3, -0.25) is 4.79 Å². The van der Waals surface area contributed by atoms with Crippen LogP contribution in [0, 0.1) is 6.92 Å². The van der Waals surface area contributed by atoms with E-state index in [0.717, 1.165) is 28.5 Å². The first-order valence-corrected chi connectivity index (χ1v) is 11.1. The van der Waals surface area contributed by atoms with E-state index in [0.29, 0.717) is 22.2 Å². The van der Waals surface area contributed by atoms with Crippen molar-refractivity contribution < 1.29 is 44.3 Å². The summed E-state index contributed by atoms with van der Waals surface area (Å²) in [5, 5.41) is 12.4. The maximum atomic E-state index is 13.6. The summed E-state index contributed by atoms with van der Waals surface area (Å²) in [6, 6.07) is 19.8. The van der Waals surface area contributed by atoms with Gasteiger partial charge >= 0.3 is 29.6 Å². The van der Waals surface area contributed by atoms with Crippen LogP contribution in [0.1, 0.15) is 27.0 Å². The topological polar surface area (TPSA) is 86.2 Å². The number of hydrogen-bond acceptors (Lipinski definition) is 7. The number of hydrogen-bond donors (Lipinski definition) is 0. The van der Waals surface area contributed by atoms with Crippen LogP contribution in [0.5, 0.6) is 0 Å². The molecule has 0 aliphatic carbocycles. The van der Waals surface area contributed by atoms with Gasteiger partial charge in [-0.1, -0.05) is 48.0 Å². The second-order valence-corrected chi connectivity index (χ2v) is 8.57. The molecule has 6 nitrogen and oxygen atoms in total. The van der Waals surface area contributed by atoms with Crippen LogP contribution in [0.15, 0.2) is 72.3 Å². The Labute approximate surface area is 224 Å². The first kappa shape index (κ1) is 25.8. The normalized spacial score (nSPS) is 11.5. The van der Waals surface area contributed by atoms with Crippen molar-refractivity contribution in [3.05, 3.63) is 94.6 Å². The fraction of sp³-hybridized carbons (Fsp3) is 0.154. The van der Waals surface area contributed by atoms with Crippen molar-refractivity contribution in [3.8, 4) is 0 Å². The molecule has 0 N–H and O–H groups in total. The van der Waals surface area contributed by atoms with E-state index >= 15 is 0 Å². The first-order valence-electron chi connectivity index (χ1n) is 10.4. The molecule has 1 aromatic heterocycles. The minimum absolute atomic E-state index is 0. The van der Waals surface area contributed by atoms with Gasteiger partial charge < -0.3 is 14.8 Å². The zero-order valence-corrected chi connectivity index (χ0v) is 22.3. The second-order valence-electron chi connectivity index (χ2n) is 8.04. The van der Waals surface area contributed by atoms with E-state index in [1.807, 2.05) is 62.3 Å². The Kier molecular flexibility index (Phi) is 8.38. The molecule has 0 radical (unpaired) electrons. The molecular weight excluding hydrogens is 457 g/mol. The van der Waals surface area contributed by atoms with Gasteiger partial charge in [-0.05, 0) is 42.3 Å². The number of carboxylic acid groups (broad SMARTS) is 1. The summed E-state index contributed by atoms with van der Waals surface area (Å²) in [5.41, 5.74) is 4.93. The maximum absolute atomic E-state index is 13.6. The quantitative estimate of drug-likeness (QED) is 0.220. The van der Waals surface area contributed by atoms with E-state index in [-0.39, 0.29) is 52.9 Å². The summed E-state index contributed by atoms with van der Waals surface area (Å²) in [7, 11) is 3.89. The zero-order chi connectivity index (χ0) is 23.5. The fourth-order valence-corrected chi connectivity index (χ4v) is 4.15. The number of carboxylic acids is 1. The van der Waals surface area contributed by atoms with Gasteiger partial charge in [0.05, 0.1) is 17.7 Å². The van der Waals surface area contributed by atoms with E-state index in [9.17, 15) is 14.7 Å². The molecule has 166 valence electrons. The molecule has 0 aliphatic heterocycles. The van der Waals surface area contributed by atoms with E-state index in [1.165, 1.54) is 0 Å². The molecule has 0 amide bonds. The van der Waals surface area contributed by atoms with Gasteiger partial charge in [0.1, 0.15) is 11.0 Å². The van der Waals surface area contributed by atoms with Gasteiger partial charge in [0.25, 0.3) is 0 Å². The number of ketones is 1. The third-order valence-corrected chi connectivity index (χ3v) is 6.03. The van der Waals surface area contributed by atoms with Crippen molar-refractivity contribution >= 4 is 45.8 Å². The Morgan fingerprint density at radius 2 is 1.50 bits per heavy atom. The number of benzene rings is 3. The third kappa shape index (κ3) is 5.62. The van der Waals surface area contributed by atoms with Gasteiger partial charge in [-0.15, -0.1) is 0 Å². The number of aliphatic carboxylic acids is 1. The molecule has 3 aromatic carbocycles. The number of anilines is 1. The Morgan fingerprint density at radius 1 is 0.882 bits per heavy atom. The number of rotatable bonds is 7. The second kappa shape index (κ2) is 11.1. The Morgan fingerprint density at radius 3 is 2.12 bits per heavy atom. The standard InChI is InChI=1S/C26H23N3O3S.Na/c1-16-4-8-18(9-5-16)25(30)21(14-17-6-11-20(12-7-17)29(2)3)24(26(31)32)19-10-13-22-23(15-19)28-33-27-22;/h4-13,15H,14H2,1-3H3,(H,31,32);/q;+1/p-1. The number of fused-ring (bicyclic) bond motifs is 1. The van der Waals surface area contributed by atoms with E-state index in [4.69, 9.17) is 0 Å². The number of carbonyl (C=O) groups excluding carboxylic acids is 2. The molecule has 0 saturated carbocycles. The zero-order valence-electron chi connectivity index (χ0n) is 19.5. The Hall–Kier alpha value is -2.84. The number of allylic oxidation sites excluding steroid dienone is 1. The van der Waals surface area contributed by atoms with Gasteiger partial charge in [0.2, 0.25) is 0 Å². The summed E-state index contributed by atoms with van der Waals surface area (Å²) in [4.78, 5) is 27.9. The molecule has 4 aromatic rings. The van der Waals surface area contributed by atoms with Gasteiger partial charge in [0, 0.05) is 42.9 Å². The largest absolute Gasteiger partial charge is 1.00 e. The van der Waals surface area contributed by atoms with Crippen LogP contribution in [0.2, 0.25) is 0 Å². The van der Waals surface area contributed by atoms with Crippen LogP contribution in [-0.2, 0) is 11.2 Å². The first-order chi connectivity index (χ1) is 15.8. The van der Waals surface area contributed by atoms with Crippen LogP contribution in [-0.4, -0.2) is 34.6 Å². The fourth-order valence-electron chi connectivity index (χ4n) is 3.63. The summed E-state index contributed by atoms with van der Waals surface area (Å²) >= 11 is 1.05. The van der Waals surface area contributed by atoms with Gasteiger partial charge in [0.15, 0.2) is 5.78 Å². The molecule has 0 saturated heterocycles. The maximum Gasteiger partial charge on any atom is 1.00 e. The molecule has 0 unspecified atom stereocenters. The summed E-state index contributed by atoms with van der Waals surface area (Å²) in [6.45, 7) is 1.93. The van der Waals surface area contributed by atoms with Crippen LogP contribution in [0.4, 0.5) is 5.69 Å². The molecule has 0 aliphatic rings. The summed E-state index contributed by atoms with van der Waals surface area (Å²) in [5.74, 6) is -1.75. The number of aryl methyl sites for hydroxylation is 1. The van der Waals surface area contributed by atoms with Crippen molar-refractivity contribution in [1.82, 2.24) is 8.75 Å². The van der Waals surface area contributed by atoms with Crippen LogP contribution in [0.25, 0.3) is 16.6 Å². The van der Waals surface area contributed by atoms with Crippen molar-refractivity contribution in [2.24, 2.45) is 0 Å². The smallest absolute Gasteiger partial charge is 0.545 e. The number of carbonyl (C=O) groups is 2. The molecule has 4 rings (SSSR count). The molecule has 0 bridgehead atoms. The number of nitrogens with zero attached hydrogens (tertiary/aromatic N) is 3. The number of Topliss-reactive ketones (excluding diaryl/α,β-unsaturated/α-hetero) is 1. The summed E-state index contributed by atoms with van der Waals surface area (Å²) < 4.78 is 8.38. The minimum atomic E-state index is -1.40. The summed E-state index contributed by atoms with van der Waals surface area (Å²) in [6.07, 6.45) is 0.150. The Balaban J connectivity index is 0.00000324. The van der Waals surface area contributed by atoms with Gasteiger partial charge in [-0.2, -0.15) is 8.75 Å². The van der Waals surface area contributed by atoms with E-state index in [2.05, 4.69) is 8.75 Å². The third-order valence-electron chi connectivity index (χ3n) is 5.47. The van der Waals surface area contributed by atoms with Gasteiger partial charge in [-0.25, -0.2) is 0 Å². The van der Waals surface area contributed by atoms with E-state index < -0.39 is 5.97 Å². The molecule has 0 atom stereocenters. The van der Waals surface area contributed by atoms with Crippen molar-refractivity contribution in [2.75, 3.05) is 19.0 Å².